The first kappa shape index (κ1) is 31.8. The molecule has 2 aliphatic rings. The third-order valence-electron chi connectivity index (χ3n) is 7.81. The number of hydrogen-bond acceptors (Lipinski definition) is 6. The van der Waals surface area contributed by atoms with Gasteiger partial charge in [-0.3, -0.25) is 9.11 Å². The van der Waals surface area contributed by atoms with Crippen molar-refractivity contribution >= 4 is 63.3 Å². The molecule has 0 aliphatic carbocycles. The topological polar surface area (TPSA) is 166 Å². The Hall–Kier alpha value is -3.58. The normalized spacial score (nSPS) is 14.1. The highest BCUT2D eigenvalue weighted by molar-refractivity contribution is 7.96. The standard InChI is InChI=1S/C32H38N4O6S2/c1-5-9-19-17-27-29-31(43(37,38)39)22(12-8-4)26(35-29)16-14-24-20(10-6-2)18-28(34-24)30-32(44(40,41)42)21(11-7-3)25(36-30)15-13-23(19)33-27/h13-18,33-34H,5-12H2,1-4H3,(H,37,38,39)(H,40,41,42). The van der Waals surface area contributed by atoms with Crippen molar-refractivity contribution in [2.45, 2.75) is 79.1 Å². The Labute approximate surface area is 257 Å². The molecule has 234 valence electrons. The molecule has 0 spiro atoms. The van der Waals surface area contributed by atoms with Crippen LogP contribution in [0.5, 0.6) is 0 Å². The van der Waals surface area contributed by atoms with Crippen LogP contribution in [0.3, 0.4) is 0 Å². The molecule has 5 rings (SSSR count). The van der Waals surface area contributed by atoms with Crippen LogP contribution in [0.2, 0.25) is 0 Å². The molecular weight excluding hydrogens is 601 g/mol. The zero-order chi connectivity index (χ0) is 31.8. The minimum absolute atomic E-state index is 0.148. The molecule has 0 amide bonds. The average molecular weight is 639 g/mol. The van der Waals surface area contributed by atoms with E-state index >= 15 is 0 Å². The number of aromatic amines is 2. The highest BCUT2D eigenvalue weighted by atomic mass is 32.2. The van der Waals surface area contributed by atoms with Gasteiger partial charge in [0.2, 0.25) is 0 Å². The number of H-pyrrole nitrogens is 2. The van der Waals surface area contributed by atoms with Crippen molar-refractivity contribution in [1.82, 2.24) is 19.9 Å². The van der Waals surface area contributed by atoms with Gasteiger partial charge in [-0.05, 0) is 73.2 Å². The number of aromatic nitrogens is 4. The number of allylic oxidation sites excluding steroid dienone is 2. The summed E-state index contributed by atoms with van der Waals surface area (Å²) in [4.78, 5) is 15.7. The average Bonchev–Trinajstić information content (AvgIpc) is 3.70. The third kappa shape index (κ3) is 6.03. The zero-order valence-corrected chi connectivity index (χ0v) is 27.0. The van der Waals surface area contributed by atoms with Gasteiger partial charge < -0.3 is 9.97 Å². The van der Waals surface area contributed by atoms with E-state index < -0.39 is 20.2 Å². The number of hydrogen-bond donors (Lipinski definition) is 4. The Kier molecular flexibility index (Phi) is 8.99. The zero-order valence-electron chi connectivity index (χ0n) is 25.4. The Morgan fingerprint density at radius 2 is 0.932 bits per heavy atom. The summed E-state index contributed by atoms with van der Waals surface area (Å²) in [6.07, 6.45) is 5.00. The molecule has 4 N–H and O–H groups in total. The van der Waals surface area contributed by atoms with E-state index in [0.29, 0.717) is 83.1 Å². The Balaban J connectivity index is 2.00. The van der Waals surface area contributed by atoms with Gasteiger partial charge in [0.05, 0.1) is 22.4 Å². The molecule has 0 saturated carbocycles. The number of fused-ring (bicyclic) bond motifs is 10. The highest BCUT2D eigenvalue weighted by Crippen LogP contribution is 2.40. The molecule has 8 bridgehead atoms. The summed E-state index contributed by atoms with van der Waals surface area (Å²) < 4.78 is 72.1. The van der Waals surface area contributed by atoms with Gasteiger partial charge in [-0.1, -0.05) is 53.4 Å². The minimum Gasteiger partial charge on any atom is -0.353 e. The molecule has 3 aromatic heterocycles. The fourth-order valence-electron chi connectivity index (χ4n) is 6.03. The van der Waals surface area contributed by atoms with Gasteiger partial charge in [0.25, 0.3) is 20.2 Å². The second kappa shape index (κ2) is 12.4. The maximum atomic E-state index is 12.8. The van der Waals surface area contributed by atoms with Crippen molar-refractivity contribution in [3.05, 3.63) is 70.3 Å². The Morgan fingerprint density at radius 1 is 0.568 bits per heavy atom. The van der Waals surface area contributed by atoms with E-state index in [2.05, 4.69) is 9.97 Å². The summed E-state index contributed by atoms with van der Waals surface area (Å²) in [6.45, 7) is 7.92. The lowest BCUT2D eigenvalue weighted by Gasteiger charge is -2.04. The lowest BCUT2D eigenvalue weighted by atomic mass is 10.1. The van der Waals surface area contributed by atoms with Gasteiger partial charge in [0.15, 0.2) is 0 Å². The number of nitrogens with zero attached hydrogens (tertiary/aromatic N) is 2. The predicted octanol–water partition coefficient (Wildman–Crippen LogP) is 7.33. The molecule has 0 radical (unpaired) electrons. The molecule has 10 nitrogen and oxygen atoms in total. The van der Waals surface area contributed by atoms with Crippen LogP contribution in [0.25, 0.3) is 43.0 Å². The molecule has 3 aromatic rings. The van der Waals surface area contributed by atoms with E-state index in [-0.39, 0.29) is 21.2 Å². The van der Waals surface area contributed by atoms with E-state index in [1.54, 1.807) is 24.3 Å². The molecule has 0 unspecified atom stereocenters. The first-order valence-electron chi connectivity index (χ1n) is 15.1. The Morgan fingerprint density at radius 3 is 1.25 bits per heavy atom. The SMILES string of the molecule is CCCC1=C(S(=O)(=O)O)c2nc1ccc1[nH]c(cc1CCC)c1nc(ccc3[nH]c2cc3CCC)C(CCC)=C1S(=O)(=O)O. The number of rotatable bonds is 10. The molecule has 0 fully saturated rings. The first-order valence-corrected chi connectivity index (χ1v) is 17.9. The molecule has 0 saturated heterocycles. The summed E-state index contributed by atoms with van der Waals surface area (Å²) >= 11 is 0. The van der Waals surface area contributed by atoms with Crippen LogP contribution >= 0.6 is 0 Å². The lowest BCUT2D eigenvalue weighted by molar-refractivity contribution is 0.494. The summed E-state index contributed by atoms with van der Waals surface area (Å²) in [5, 5.41) is 0. The number of aryl methyl sites for hydroxylation is 2. The molecule has 0 aromatic carbocycles. The van der Waals surface area contributed by atoms with Crippen LogP contribution in [0.1, 0.15) is 100 Å². The summed E-state index contributed by atoms with van der Waals surface area (Å²) in [7, 11) is -9.25. The quantitative estimate of drug-likeness (QED) is 0.168. The molecule has 5 heterocycles. The van der Waals surface area contributed by atoms with Crippen LogP contribution in [0.15, 0.2) is 36.4 Å². The van der Waals surface area contributed by atoms with Crippen molar-refractivity contribution in [2.75, 3.05) is 0 Å². The van der Waals surface area contributed by atoms with Crippen LogP contribution in [-0.2, 0) is 33.1 Å². The van der Waals surface area contributed by atoms with Gasteiger partial charge >= 0.3 is 0 Å². The van der Waals surface area contributed by atoms with Crippen LogP contribution < -0.4 is 0 Å². The van der Waals surface area contributed by atoms with Crippen LogP contribution in [0.4, 0.5) is 0 Å². The molecular formula is C32H38N4O6S2. The molecule has 12 heteroatoms. The summed E-state index contributed by atoms with van der Waals surface area (Å²) in [5.41, 5.74) is 6.05. The Bertz CT molecular complexity index is 1920. The lowest BCUT2D eigenvalue weighted by Crippen LogP contribution is -2.02. The maximum absolute atomic E-state index is 12.8. The third-order valence-corrected chi connectivity index (χ3v) is 9.72. The van der Waals surface area contributed by atoms with Gasteiger partial charge in [0.1, 0.15) is 21.2 Å². The summed E-state index contributed by atoms with van der Waals surface area (Å²) in [6, 6.07) is 10.7. The highest BCUT2D eigenvalue weighted by Gasteiger charge is 2.32. The monoisotopic (exact) mass is 638 g/mol. The molecule has 44 heavy (non-hydrogen) atoms. The van der Waals surface area contributed by atoms with E-state index in [9.17, 15) is 25.9 Å². The minimum atomic E-state index is -4.62. The van der Waals surface area contributed by atoms with Crippen molar-refractivity contribution in [2.24, 2.45) is 0 Å². The van der Waals surface area contributed by atoms with E-state index in [1.165, 1.54) is 0 Å². The van der Waals surface area contributed by atoms with Crippen LogP contribution in [-0.4, -0.2) is 45.9 Å². The smallest absolute Gasteiger partial charge is 0.297 e. The van der Waals surface area contributed by atoms with Crippen molar-refractivity contribution in [3.63, 3.8) is 0 Å². The largest absolute Gasteiger partial charge is 0.353 e. The van der Waals surface area contributed by atoms with Crippen molar-refractivity contribution < 1.29 is 25.9 Å². The summed E-state index contributed by atoms with van der Waals surface area (Å²) in [5.74, 6) is 0. The van der Waals surface area contributed by atoms with Gasteiger partial charge in [-0.2, -0.15) is 16.8 Å². The van der Waals surface area contributed by atoms with E-state index in [4.69, 9.17) is 9.97 Å². The van der Waals surface area contributed by atoms with Crippen LogP contribution in [0, 0.1) is 0 Å². The fourth-order valence-corrected chi connectivity index (χ4v) is 7.87. The second-order valence-corrected chi connectivity index (χ2v) is 13.9. The van der Waals surface area contributed by atoms with Crippen molar-refractivity contribution in [3.8, 4) is 0 Å². The second-order valence-electron chi connectivity index (χ2n) is 11.2. The van der Waals surface area contributed by atoms with Gasteiger partial charge in [0, 0.05) is 22.2 Å². The van der Waals surface area contributed by atoms with E-state index in [1.807, 2.05) is 39.8 Å². The first-order chi connectivity index (χ1) is 20.9. The van der Waals surface area contributed by atoms with E-state index in [0.717, 1.165) is 24.0 Å². The maximum Gasteiger partial charge on any atom is 0.297 e. The molecule has 2 aliphatic heterocycles. The van der Waals surface area contributed by atoms with Gasteiger partial charge in [-0.25, -0.2) is 9.97 Å². The van der Waals surface area contributed by atoms with Crippen molar-refractivity contribution in [1.29, 1.82) is 0 Å². The fraction of sp³-hybridized carbons (Fsp3) is 0.375. The predicted molar refractivity (Wildman–Crippen MR) is 176 cm³/mol. The van der Waals surface area contributed by atoms with Gasteiger partial charge in [-0.15, -0.1) is 0 Å². The number of nitrogens with one attached hydrogen (secondary N) is 2. The molecule has 0 atom stereocenters.